The molecule has 5 nitrogen and oxygen atoms in total. The standard InChI is InChI=1S/C6H14N2O3/c7-11-5-6(10)8-3-1-2-4-9/h9H,1-5,7H2,(H,8,10). The molecule has 0 radical (unpaired) electrons. The zero-order chi connectivity index (χ0) is 8.53. The van der Waals surface area contributed by atoms with Crippen LogP contribution in [0, 0.1) is 0 Å². The lowest BCUT2D eigenvalue weighted by Crippen LogP contribution is -2.29. The molecule has 0 unspecified atom stereocenters. The van der Waals surface area contributed by atoms with Gasteiger partial charge in [0.2, 0.25) is 5.91 Å². The fourth-order valence-corrected chi connectivity index (χ4v) is 0.591. The topological polar surface area (TPSA) is 84.6 Å². The van der Waals surface area contributed by atoms with E-state index in [4.69, 9.17) is 5.11 Å². The van der Waals surface area contributed by atoms with Crippen molar-refractivity contribution in [1.82, 2.24) is 5.32 Å². The molecule has 5 heteroatoms. The van der Waals surface area contributed by atoms with Crippen LogP contribution in [0.15, 0.2) is 0 Å². The summed E-state index contributed by atoms with van der Waals surface area (Å²) in [6.07, 6.45) is 1.47. The van der Waals surface area contributed by atoms with Gasteiger partial charge in [0.25, 0.3) is 0 Å². The number of aliphatic hydroxyl groups is 1. The second-order valence-electron chi connectivity index (χ2n) is 2.09. The van der Waals surface area contributed by atoms with Crippen molar-refractivity contribution in [2.24, 2.45) is 5.90 Å². The zero-order valence-corrected chi connectivity index (χ0v) is 6.38. The minimum Gasteiger partial charge on any atom is -0.396 e. The molecule has 0 aliphatic carbocycles. The highest BCUT2D eigenvalue weighted by atomic mass is 16.6. The number of hydrogen-bond donors (Lipinski definition) is 3. The van der Waals surface area contributed by atoms with E-state index in [0.29, 0.717) is 13.0 Å². The first kappa shape index (κ1) is 10.3. The minimum atomic E-state index is -0.231. The monoisotopic (exact) mass is 162 g/mol. The summed E-state index contributed by atoms with van der Waals surface area (Å²) in [5.41, 5.74) is 0. The summed E-state index contributed by atoms with van der Waals surface area (Å²) in [4.78, 5) is 14.7. The summed E-state index contributed by atoms with van der Waals surface area (Å²) in [6.45, 7) is 0.602. The predicted octanol–water partition coefficient (Wildman–Crippen LogP) is -1.23. The Morgan fingerprint density at radius 2 is 2.27 bits per heavy atom. The van der Waals surface area contributed by atoms with E-state index >= 15 is 0 Å². The van der Waals surface area contributed by atoms with Gasteiger partial charge in [-0.3, -0.25) is 9.63 Å². The number of nitrogens with two attached hydrogens (primary N) is 1. The van der Waals surface area contributed by atoms with Crippen LogP contribution in [0.4, 0.5) is 0 Å². The molecule has 4 N–H and O–H groups in total. The molecule has 0 spiro atoms. The van der Waals surface area contributed by atoms with Gasteiger partial charge in [-0.1, -0.05) is 0 Å². The first-order valence-corrected chi connectivity index (χ1v) is 3.50. The second-order valence-corrected chi connectivity index (χ2v) is 2.09. The molecule has 0 saturated carbocycles. The molecule has 0 aliphatic heterocycles. The lowest BCUT2D eigenvalue weighted by molar-refractivity contribution is -0.125. The van der Waals surface area contributed by atoms with Crippen LogP contribution in [0.25, 0.3) is 0 Å². The normalized spacial score (nSPS) is 9.64. The maximum atomic E-state index is 10.6. The third kappa shape index (κ3) is 7.24. The fraction of sp³-hybridized carbons (Fsp3) is 0.833. The molecular formula is C6H14N2O3. The quantitative estimate of drug-likeness (QED) is 0.337. The van der Waals surface area contributed by atoms with E-state index in [0.717, 1.165) is 6.42 Å². The largest absolute Gasteiger partial charge is 0.396 e. The van der Waals surface area contributed by atoms with Crippen molar-refractivity contribution in [3.8, 4) is 0 Å². The van der Waals surface area contributed by atoms with Crippen molar-refractivity contribution in [3.05, 3.63) is 0 Å². The van der Waals surface area contributed by atoms with Crippen LogP contribution >= 0.6 is 0 Å². The number of carbonyl (C=O) groups excluding carboxylic acids is 1. The number of rotatable bonds is 6. The molecule has 0 bridgehead atoms. The molecule has 0 aliphatic rings. The van der Waals surface area contributed by atoms with Crippen molar-refractivity contribution in [3.63, 3.8) is 0 Å². The third-order valence-electron chi connectivity index (χ3n) is 1.12. The fourth-order valence-electron chi connectivity index (χ4n) is 0.591. The Morgan fingerprint density at radius 3 is 2.82 bits per heavy atom. The van der Waals surface area contributed by atoms with Gasteiger partial charge in [-0.05, 0) is 12.8 Å². The Balaban J connectivity index is 3.04. The van der Waals surface area contributed by atoms with Crippen LogP contribution in [0.5, 0.6) is 0 Å². The average Bonchev–Trinajstić information content (AvgIpc) is 1.99. The Labute approximate surface area is 65.5 Å². The van der Waals surface area contributed by atoms with Crippen molar-refractivity contribution >= 4 is 5.91 Å². The number of amides is 1. The minimum absolute atomic E-state index is 0.112. The Bertz CT molecular complexity index is 108. The van der Waals surface area contributed by atoms with Gasteiger partial charge in [0.05, 0.1) is 0 Å². The predicted molar refractivity (Wildman–Crippen MR) is 39.5 cm³/mol. The van der Waals surface area contributed by atoms with Gasteiger partial charge in [0, 0.05) is 13.2 Å². The number of unbranched alkanes of at least 4 members (excludes halogenated alkanes) is 1. The van der Waals surface area contributed by atoms with Gasteiger partial charge >= 0.3 is 0 Å². The smallest absolute Gasteiger partial charge is 0.248 e. The van der Waals surface area contributed by atoms with Gasteiger partial charge in [-0.2, -0.15) is 0 Å². The molecule has 0 fully saturated rings. The van der Waals surface area contributed by atoms with Crippen LogP contribution < -0.4 is 11.2 Å². The van der Waals surface area contributed by atoms with Crippen LogP contribution in [0.3, 0.4) is 0 Å². The highest BCUT2D eigenvalue weighted by Crippen LogP contribution is 1.83. The summed E-state index contributed by atoms with van der Waals surface area (Å²) < 4.78 is 0. The van der Waals surface area contributed by atoms with Crippen LogP contribution in [0.1, 0.15) is 12.8 Å². The molecule has 0 atom stereocenters. The molecule has 0 rings (SSSR count). The van der Waals surface area contributed by atoms with Gasteiger partial charge < -0.3 is 10.4 Å². The first-order valence-electron chi connectivity index (χ1n) is 3.50. The van der Waals surface area contributed by atoms with E-state index in [1.165, 1.54) is 0 Å². The highest BCUT2D eigenvalue weighted by molar-refractivity contribution is 5.77. The maximum Gasteiger partial charge on any atom is 0.248 e. The molecule has 11 heavy (non-hydrogen) atoms. The molecule has 0 aromatic rings. The Kier molecular flexibility index (Phi) is 7.02. The Hall–Kier alpha value is -0.650. The van der Waals surface area contributed by atoms with Gasteiger partial charge in [0.1, 0.15) is 6.61 Å². The van der Waals surface area contributed by atoms with E-state index in [1.807, 2.05) is 0 Å². The lowest BCUT2D eigenvalue weighted by atomic mass is 10.3. The SMILES string of the molecule is NOCC(=O)NCCCCO. The highest BCUT2D eigenvalue weighted by Gasteiger charge is 1.97. The zero-order valence-electron chi connectivity index (χ0n) is 6.38. The molecule has 0 saturated heterocycles. The molecule has 0 aromatic heterocycles. The van der Waals surface area contributed by atoms with E-state index < -0.39 is 0 Å². The van der Waals surface area contributed by atoms with Crippen molar-refractivity contribution in [2.45, 2.75) is 12.8 Å². The van der Waals surface area contributed by atoms with Crippen molar-refractivity contribution in [1.29, 1.82) is 0 Å². The summed E-state index contributed by atoms with van der Waals surface area (Å²) in [7, 11) is 0. The van der Waals surface area contributed by atoms with Crippen molar-refractivity contribution in [2.75, 3.05) is 19.8 Å². The lowest BCUT2D eigenvalue weighted by Gasteiger charge is -2.01. The number of aliphatic hydroxyl groups excluding tert-OH is 1. The number of carbonyl (C=O) groups is 1. The molecule has 1 amide bonds. The van der Waals surface area contributed by atoms with Crippen LogP contribution in [-0.4, -0.2) is 30.8 Å². The van der Waals surface area contributed by atoms with Crippen LogP contribution in [-0.2, 0) is 9.63 Å². The summed E-state index contributed by atoms with van der Waals surface area (Å²) >= 11 is 0. The summed E-state index contributed by atoms with van der Waals surface area (Å²) in [6, 6.07) is 0. The molecule has 0 heterocycles. The van der Waals surface area contributed by atoms with E-state index in [2.05, 4.69) is 16.1 Å². The maximum absolute atomic E-state index is 10.6. The van der Waals surface area contributed by atoms with E-state index in [9.17, 15) is 4.79 Å². The number of hydrogen-bond acceptors (Lipinski definition) is 4. The second kappa shape index (κ2) is 7.46. The molecule has 0 aromatic carbocycles. The summed E-state index contributed by atoms with van der Waals surface area (Å²) in [5, 5.41) is 10.9. The van der Waals surface area contributed by atoms with Gasteiger partial charge in [-0.25, -0.2) is 5.90 Å². The third-order valence-corrected chi connectivity index (χ3v) is 1.12. The van der Waals surface area contributed by atoms with Crippen LogP contribution in [0.2, 0.25) is 0 Å². The van der Waals surface area contributed by atoms with Gasteiger partial charge in [-0.15, -0.1) is 0 Å². The number of nitrogens with one attached hydrogen (secondary N) is 1. The van der Waals surface area contributed by atoms with E-state index in [-0.39, 0.29) is 19.1 Å². The molecular weight excluding hydrogens is 148 g/mol. The summed E-state index contributed by atoms with van der Waals surface area (Å²) in [5.74, 6) is 4.43. The van der Waals surface area contributed by atoms with Crippen molar-refractivity contribution < 1.29 is 14.7 Å². The first-order chi connectivity index (χ1) is 5.31. The molecule has 66 valence electrons. The average molecular weight is 162 g/mol. The van der Waals surface area contributed by atoms with Gasteiger partial charge in [0.15, 0.2) is 0 Å². The van der Waals surface area contributed by atoms with E-state index in [1.54, 1.807) is 0 Å². The Morgan fingerprint density at radius 1 is 1.55 bits per heavy atom.